The van der Waals surface area contributed by atoms with Crippen molar-refractivity contribution < 1.29 is 9.50 Å². The second-order valence-corrected chi connectivity index (χ2v) is 2.78. The Hall–Kier alpha value is -0.930. The Kier molecular flexibility index (Phi) is 3.19. The van der Waals surface area contributed by atoms with Gasteiger partial charge in [-0.15, -0.1) is 0 Å². The molecule has 3 heteroatoms. The van der Waals surface area contributed by atoms with E-state index in [4.69, 9.17) is 5.11 Å². The monoisotopic (exact) mass is 169 g/mol. The van der Waals surface area contributed by atoms with Crippen LogP contribution in [0.5, 0.6) is 0 Å². The second-order valence-electron chi connectivity index (χ2n) is 2.78. The Morgan fingerprint density at radius 2 is 1.92 bits per heavy atom. The highest BCUT2D eigenvalue weighted by Gasteiger charge is 1.97. The zero-order chi connectivity index (χ0) is 8.97. The summed E-state index contributed by atoms with van der Waals surface area (Å²) in [6.07, 6.45) is 0. The van der Waals surface area contributed by atoms with Gasteiger partial charge in [0.2, 0.25) is 0 Å². The van der Waals surface area contributed by atoms with Gasteiger partial charge in [-0.1, -0.05) is 12.1 Å². The predicted molar refractivity (Wildman–Crippen MR) is 45.0 cm³/mol. The van der Waals surface area contributed by atoms with E-state index in [1.807, 2.05) is 0 Å². The number of halogens is 1. The largest absolute Gasteiger partial charge is 0.381 e. The van der Waals surface area contributed by atoms with Crippen LogP contribution in [-0.4, -0.2) is 23.8 Å². The Bertz CT molecular complexity index is 235. The molecule has 1 N–H and O–H groups in total. The van der Waals surface area contributed by atoms with Crippen molar-refractivity contribution in [1.29, 1.82) is 0 Å². The number of aliphatic hydroxyl groups excluding tert-OH is 1. The quantitative estimate of drug-likeness (QED) is 0.687. The van der Waals surface area contributed by atoms with E-state index in [2.05, 4.69) is 0 Å². The summed E-state index contributed by atoms with van der Waals surface area (Å²) in [6, 6.07) is 6.25. The second kappa shape index (κ2) is 4.18. The Morgan fingerprint density at radius 1 is 1.33 bits per heavy atom. The third-order valence-electron chi connectivity index (χ3n) is 1.61. The van der Waals surface area contributed by atoms with Crippen LogP contribution in [-0.2, 0) is 6.54 Å². The molecule has 0 unspecified atom stereocenters. The lowest BCUT2D eigenvalue weighted by Crippen LogP contribution is -2.18. The van der Waals surface area contributed by atoms with Crippen LogP contribution in [0.4, 0.5) is 4.39 Å². The zero-order valence-corrected chi connectivity index (χ0v) is 7.00. The highest BCUT2D eigenvalue weighted by Crippen LogP contribution is 2.04. The minimum Gasteiger partial charge on any atom is -0.381 e. The molecule has 1 aromatic rings. The molecule has 0 aliphatic carbocycles. The van der Waals surface area contributed by atoms with Crippen molar-refractivity contribution in [3.05, 3.63) is 35.6 Å². The Balaban J connectivity index is 2.58. The van der Waals surface area contributed by atoms with Crippen molar-refractivity contribution in [3.63, 3.8) is 0 Å². The van der Waals surface area contributed by atoms with Gasteiger partial charge in [-0.05, 0) is 24.7 Å². The van der Waals surface area contributed by atoms with Gasteiger partial charge in [0.05, 0.1) is 6.73 Å². The predicted octanol–water partition coefficient (Wildman–Crippen LogP) is 1.21. The molecule has 1 rings (SSSR count). The number of hydrogen-bond acceptors (Lipinski definition) is 2. The fraction of sp³-hybridized carbons (Fsp3) is 0.333. The molecule has 0 atom stereocenters. The van der Waals surface area contributed by atoms with Crippen LogP contribution in [0.2, 0.25) is 0 Å². The standard InChI is InChI=1S/C9H12FNO/c1-11(7-12)6-8-2-4-9(10)5-3-8/h2-5,12H,6-7H2,1H3. The molecule has 2 nitrogen and oxygen atoms in total. The number of aliphatic hydroxyl groups is 1. The number of benzene rings is 1. The van der Waals surface area contributed by atoms with Gasteiger partial charge in [0.25, 0.3) is 0 Å². The lowest BCUT2D eigenvalue weighted by atomic mass is 10.2. The minimum absolute atomic E-state index is 0.0113. The van der Waals surface area contributed by atoms with Crippen LogP contribution < -0.4 is 0 Å². The third kappa shape index (κ3) is 2.60. The van der Waals surface area contributed by atoms with Crippen molar-refractivity contribution in [3.8, 4) is 0 Å². The molecule has 0 heterocycles. The normalized spacial score (nSPS) is 10.7. The summed E-state index contributed by atoms with van der Waals surface area (Å²) in [5.74, 6) is -0.231. The Labute approximate surface area is 71.2 Å². The smallest absolute Gasteiger partial charge is 0.123 e. The Morgan fingerprint density at radius 3 is 2.42 bits per heavy atom. The summed E-state index contributed by atoms with van der Waals surface area (Å²) in [5.41, 5.74) is 0.993. The number of nitrogens with zero attached hydrogens (tertiary/aromatic N) is 1. The molecule has 66 valence electrons. The average molecular weight is 169 g/mol. The molecule has 0 fully saturated rings. The minimum atomic E-state index is -0.231. The summed E-state index contributed by atoms with van der Waals surface area (Å²) < 4.78 is 12.4. The zero-order valence-electron chi connectivity index (χ0n) is 7.00. The number of rotatable bonds is 3. The van der Waals surface area contributed by atoms with Crippen molar-refractivity contribution >= 4 is 0 Å². The molecule has 0 saturated carbocycles. The molecule has 0 bridgehead atoms. The van der Waals surface area contributed by atoms with Crippen molar-refractivity contribution in [1.82, 2.24) is 4.90 Å². The van der Waals surface area contributed by atoms with Gasteiger partial charge in [-0.2, -0.15) is 0 Å². The van der Waals surface area contributed by atoms with Gasteiger partial charge in [0.15, 0.2) is 0 Å². The van der Waals surface area contributed by atoms with Crippen LogP contribution >= 0.6 is 0 Å². The van der Waals surface area contributed by atoms with Gasteiger partial charge < -0.3 is 5.11 Å². The van der Waals surface area contributed by atoms with Crippen molar-refractivity contribution in [2.75, 3.05) is 13.8 Å². The summed E-state index contributed by atoms with van der Waals surface area (Å²) in [4.78, 5) is 1.73. The topological polar surface area (TPSA) is 23.5 Å². The molecule has 0 amide bonds. The summed E-state index contributed by atoms with van der Waals surface area (Å²) >= 11 is 0. The maximum absolute atomic E-state index is 12.4. The van der Waals surface area contributed by atoms with Crippen LogP contribution in [0.3, 0.4) is 0 Å². The lowest BCUT2D eigenvalue weighted by Gasteiger charge is -2.12. The highest BCUT2D eigenvalue weighted by atomic mass is 19.1. The van der Waals surface area contributed by atoms with E-state index in [1.165, 1.54) is 12.1 Å². The first-order valence-corrected chi connectivity index (χ1v) is 3.76. The molecule has 0 spiro atoms. The summed E-state index contributed by atoms with van der Waals surface area (Å²) in [6.45, 7) is 0.647. The molecule has 0 radical (unpaired) electrons. The van der Waals surface area contributed by atoms with Crippen molar-refractivity contribution in [2.45, 2.75) is 6.54 Å². The van der Waals surface area contributed by atoms with Gasteiger partial charge in [-0.25, -0.2) is 4.39 Å². The maximum atomic E-state index is 12.4. The van der Waals surface area contributed by atoms with Crippen LogP contribution in [0.15, 0.2) is 24.3 Å². The first-order valence-electron chi connectivity index (χ1n) is 3.76. The van der Waals surface area contributed by atoms with E-state index < -0.39 is 0 Å². The lowest BCUT2D eigenvalue weighted by molar-refractivity contribution is 0.127. The average Bonchev–Trinajstić information content (AvgIpc) is 2.09. The van der Waals surface area contributed by atoms with Gasteiger partial charge in [0, 0.05) is 6.54 Å². The summed E-state index contributed by atoms with van der Waals surface area (Å²) in [7, 11) is 1.79. The molecule has 12 heavy (non-hydrogen) atoms. The van der Waals surface area contributed by atoms with Gasteiger partial charge in [-0.3, -0.25) is 4.90 Å². The molecular weight excluding hydrogens is 157 g/mol. The molecule has 0 aliphatic heterocycles. The van der Waals surface area contributed by atoms with Crippen molar-refractivity contribution in [2.24, 2.45) is 0 Å². The van der Waals surface area contributed by atoms with Gasteiger partial charge in [0.1, 0.15) is 5.82 Å². The van der Waals surface area contributed by atoms with E-state index in [-0.39, 0.29) is 12.5 Å². The van der Waals surface area contributed by atoms with Crippen LogP contribution in [0, 0.1) is 5.82 Å². The first-order chi connectivity index (χ1) is 5.72. The molecule has 0 aromatic heterocycles. The van der Waals surface area contributed by atoms with E-state index >= 15 is 0 Å². The fourth-order valence-electron chi connectivity index (χ4n) is 0.951. The maximum Gasteiger partial charge on any atom is 0.123 e. The van der Waals surface area contributed by atoms with E-state index in [9.17, 15) is 4.39 Å². The molecule has 0 saturated heterocycles. The summed E-state index contributed by atoms with van der Waals surface area (Å²) in [5, 5.41) is 8.70. The molecular formula is C9H12FNO. The van der Waals surface area contributed by atoms with E-state index in [0.29, 0.717) is 6.54 Å². The molecule has 0 aliphatic rings. The van der Waals surface area contributed by atoms with E-state index in [0.717, 1.165) is 5.56 Å². The third-order valence-corrected chi connectivity index (χ3v) is 1.61. The van der Waals surface area contributed by atoms with Crippen LogP contribution in [0.1, 0.15) is 5.56 Å². The van der Waals surface area contributed by atoms with Crippen LogP contribution in [0.25, 0.3) is 0 Å². The molecule has 1 aromatic carbocycles. The van der Waals surface area contributed by atoms with E-state index in [1.54, 1.807) is 24.1 Å². The van der Waals surface area contributed by atoms with Gasteiger partial charge >= 0.3 is 0 Å². The first kappa shape index (κ1) is 9.16. The number of hydrogen-bond donors (Lipinski definition) is 1. The fourth-order valence-corrected chi connectivity index (χ4v) is 0.951. The highest BCUT2D eigenvalue weighted by molar-refractivity contribution is 5.15. The SMILES string of the molecule is CN(CO)Cc1ccc(F)cc1.